The maximum atomic E-state index is 10.8. The molecule has 8 nitrogen and oxygen atoms in total. The Balaban J connectivity index is 2.21. The zero-order chi connectivity index (χ0) is 12.4. The van der Waals surface area contributed by atoms with Gasteiger partial charge >= 0.3 is 5.69 Å². The summed E-state index contributed by atoms with van der Waals surface area (Å²) in [5.74, 6) is 0.256. The summed E-state index contributed by atoms with van der Waals surface area (Å²) in [7, 11) is 1.64. The predicted octanol–water partition coefficient (Wildman–Crippen LogP) is 1.22. The molecule has 90 valence electrons. The van der Waals surface area contributed by atoms with Gasteiger partial charge in [-0.1, -0.05) is 0 Å². The number of aromatic amines is 1. The van der Waals surface area contributed by atoms with Gasteiger partial charge in [-0.15, -0.1) is 5.10 Å². The van der Waals surface area contributed by atoms with Gasteiger partial charge in [0, 0.05) is 18.8 Å². The van der Waals surface area contributed by atoms with Crippen molar-refractivity contribution in [2.75, 3.05) is 5.32 Å². The van der Waals surface area contributed by atoms with Crippen molar-refractivity contribution in [3.05, 3.63) is 34.3 Å². The lowest BCUT2D eigenvalue weighted by molar-refractivity contribution is -0.384. The molecule has 8 heteroatoms. The third-order valence-corrected chi connectivity index (χ3v) is 2.38. The van der Waals surface area contributed by atoms with Crippen LogP contribution in [0.25, 0.3) is 0 Å². The molecule has 2 aromatic heterocycles. The number of H-pyrrole nitrogens is 1. The molecule has 2 rings (SSSR count). The summed E-state index contributed by atoms with van der Waals surface area (Å²) in [6.07, 6.45) is 4.75. The third-order valence-electron chi connectivity index (χ3n) is 2.38. The Hall–Kier alpha value is -2.38. The molecular weight excluding hydrogens is 224 g/mol. The molecule has 0 spiro atoms. The lowest BCUT2D eigenvalue weighted by Crippen LogP contribution is -2.07. The second-order valence-corrected chi connectivity index (χ2v) is 3.69. The molecule has 0 saturated carbocycles. The molecule has 1 atom stereocenters. The lowest BCUT2D eigenvalue weighted by Gasteiger charge is -2.09. The molecule has 1 unspecified atom stereocenters. The van der Waals surface area contributed by atoms with E-state index in [9.17, 15) is 10.1 Å². The van der Waals surface area contributed by atoms with Crippen molar-refractivity contribution in [3.8, 4) is 0 Å². The molecule has 0 amide bonds. The standard InChI is InChI=1S/C9H12N6O2/c1-6(7-3-10-11-4-7)12-9-8(15(16)17)5-14(2)13-9/h3-6H,1-2H3,(H,10,11)(H,12,13). The van der Waals surface area contributed by atoms with Crippen molar-refractivity contribution in [2.24, 2.45) is 7.05 Å². The SMILES string of the molecule is CC(Nc1nn(C)cc1[N+](=O)[O-])c1cn[nH]c1. The highest BCUT2D eigenvalue weighted by Crippen LogP contribution is 2.25. The Morgan fingerprint density at radius 1 is 1.65 bits per heavy atom. The maximum Gasteiger partial charge on any atom is 0.330 e. The van der Waals surface area contributed by atoms with Gasteiger partial charge in [-0.05, 0) is 6.92 Å². The Morgan fingerprint density at radius 2 is 2.41 bits per heavy atom. The minimum Gasteiger partial charge on any atom is -0.356 e. The Labute approximate surface area is 96.8 Å². The van der Waals surface area contributed by atoms with Gasteiger partial charge < -0.3 is 5.32 Å². The van der Waals surface area contributed by atoms with Gasteiger partial charge in [-0.3, -0.25) is 19.9 Å². The van der Waals surface area contributed by atoms with E-state index in [0.29, 0.717) is 0 Å². The molecule has 2 N–H and O–H groups in total. The first-order valence-electron chi connectivity index (χ1n) is 5.01. The van der Waals surface area contributed by atoms with Crippen LogP contribution in [0.1, 0.15) is 18.5 Å². The molecule has 0 aliphatic carbocycles. The van der Waals surface area contributed by atoms with Gasteiger partial charge in [0.25, 0.3) is 0 Å². The van der Waals surface area contributed by atoms with Gasteiger partial charge in [0.15, 0.2) is 0 Å². The maximum absolute atomic E-state index is 10.8. The first kappa shape index (κ1) is 11.1. The topological polar surface area (TPSA) is 102 Å². The molecule has 2 aromatic rings. The first-order valence-corrected chi connectivity index (χ1v) is 5.01. The van der Waals surface area contributed by atoms with Crippen LogP contribution < -0.4 is 5.32 Å². The van der Waals surface area contributed by atoms with Crippen LogP contribution in [0.5, 0.6) is 0 Å². The number of aryl methyl sites for hydroxylation is 1. The highest BCUT2D eigenvalue weighted by Gasteiger charge is 2.20. The molecule has 0 bridgehead atoms. The number of hydrogen-bond donors (Lipinski definition) is 2. The van der Waals surface area contributed by atoms with E-state index in [2.05, 4.69) is 20.6 Å². The summed E-state index contributed by atoms with van der Waals surface area (Å²) in [6, 6.07) is -0.109. The molecule has 17 heavy (non-hydrogen) atoms. The van der Waals surface area contributed by atoms with E-state index in [1.54, 1.807) is 19.4 Å². The second kappa shape index (κ2) is 4.24. The van der Waals surface area contributed by atoms with Crippen LogP contribution in [0.2, 0.25) is 0 Å². The van der Waals surface area contributed by atoms with Crippen molar-refractivity contribution in [3.63, 3.8) is 0 Å². The summed E-state index contributed by atoms with van der Waals surface area (Å²) in [5, 5.41) is 24.3. The molecule has 0 aromatic carbocycles. The largest absolute Gasteiger partial charge is 0.356 e. The first-order chi connectivity index (χ1) is 8.08. The average Bonchev–Trinajstić information content (AvgIpc) is 2.86. The fraction of sp³-hybridized carbons (Fsp3) is 0.333. The zero-order valence-electron chi connectivity index (χ0n) is 9.41. The van der Waals surface area contributed by atoms with Gasteiger partial charge in [0.2, 0.25) is 5.82 Å². The minimum absolute atomic E-state index is 0.0390. The van der Waals surface area contributed by atoms with E-state index in [4.69, 9.17) is 0 Å². The number of aromatic nitrogens is 4. The summed E-state index contributed by atoms with van der Waals surface area (Å²) >= 11 is 0. The van der Waals surface area contributed by atoms with Gasteiger partial charge in [0.1, 0.15) is 6.20 Å². The highest BCUT2D eigenvalue weighted by molar-refractivity contribution is 5.55. The minimum atomic E-state index is -0.461. The number of nitro groups is 1. The number of hydrogen-bond acceptors (Lipinski definition) is 5. The second-order valence-electron chi connectivity index (χ2n) is 3.69. The molecular formula is C9H12N6O2. The predicted molar refractivity (Wildman–Crippen MR) is 60.5 cm³/mol. The van der Waals surface area contributed by atoms with Crippen LogP contribution in [0.15, 0.2) is 18.6 Å². The van der Waals surface area contributed by atoms with Crippen LogP contribution in [-0.4, -0.2) is 24.9 Å². The highest BCUT2D eigenvalue weighted by atomic mass is 16.6. The number of nitrogens with zero attached hydrogens (tertiary/aromatic N) is 4. The van der Waals surface area contributed by atoms with E-state index in [1.807, 2.05) is 6.92 Å². The Bertz CT molecular complexity index is 518. The molecule has 0 fully saturated rings. The molecule has 0 saturated heterocycles. The van der Waals surface area contributed by atoms with Crippen molar-refractivity contribution in [2.45, 2.75) is 13.0 Å². The van der Waals surface area contributed by atoms with Crippen LogP contribution in [0, 0.1) is 10.1 Å². The van der Waals surface area contributed by atoms with E-state index < -0.39 is 4.92 Å². The lowest BCUT2D eigenvalue weighted by atomic mass is 10.2. The molecule has 0 aliphatic rings. The van der Waals surface area contributed by atoms with Crippen LogP contribution >= 0.6 is 0 Å². The van der Waals surface area contributed by atoms with Crippen molar-refractivity contribution in [1.82, 2.24) is 20.0 Å². The van der Waals surface area contributed by atoms with Crippen LogP contribution in [0.4, 0.5) is 11.5 Å². The van der Waals surface area contributed by atoms with Crippen molar-refractivity contribution >= 4 is 11.5 Å². The fourth-order valence-corrected chi connectivity index (χ4v) is 1.50. The Morgan fingerprint density at radius 3 is 3.00 bits per heavy atom. The normalized spacial score (nSPS) is 12.4. The number of nitrogens with one attached hydrogen (secondary N) is 2. The van der Waals surface area contributed by atoms with Gasteiger partial charge in [0.05, 0.1) is 17.2 Å². The fourth-order valence-electron chi connectivity index (χ4n) is 1.50. The molecule has 2 heterocycles. The quantitative estimate of drug-likeness (QED) is 0.614. The van der Waals surface area contributed by atoms with Crippen LogP contribution in [0.3, 0.4) is 0 Å². The molecule has 0 aliphatic heterocycles. The Kier molecular flexibility index (Phi) is 2.77. The van der Waals surface area contributed by atoms with Crippen molar-refractivity contribution < 1.29 is 4.92 Å². The van der Waals surface area contributed by atoms with Crippen molar-refractivity contribution in [1.29, 1.82) is 0 Å². The monoisotopic (exact) mass is 236 g/mol. The smallest absolute Gasteiger partial charge is 0.330 e. The van der Waals surface area contributed by atoms with E-state index >= 15 is 0 Å². The third kappa shape index (κ3) is 2.25. The average molecular weight is 236 g/mol. The van der Waals surface area contributed by atoms with Crippen LogP contribution in [-0.2, 0) is 7.05 Å². The van der Waals surface area contributed by atoms with Gasteiger partial charge in [-0.25, -0.2) is 0 Å². The summed E-state index contributed by atoms with van der Waals surface area (Å²) < 4.78 is 1.41. The number of anilines is 1. The van der Waals surface area contributed by atoms with E-state index in [0.717, 1.165) is 5.56 Å². The summed E-state index contributed by atoms with van der Waals surface area (Å²) in [5.41, 5.74) is 0.868. The van der Waals surface area contributed by atoms with E-state index in [-0.39, 0.29) is 17.5 Å². The zero-order valence-corrected chi connectivity index (χ0v) is 9.41. The van der Waals surface area contributed by atoms with E-state index in [1.165, 1.54) is 10.9 Å². The number of rotatable bonds is 4. The van der Waals surface area contributed by atoms with Gasteiger partial charge in [-0.2, -0.15) is 5.10 Å². The summed E-state index contributed by atoms with van der Waals surface area (Å²) in [4.78, 5) is 10.3. The molecule has 0 radical (unpaired) electrons. The summed E-state index contributed by atoms with van der Waals surface area (Å²) in [6.45, 7) is 1.88.